The summed E-state index contributed by atoms with van der Waals surface area (Å²) in [6.07, 6.45) is 2.28. The lowest BCUT2D eigenvalue weighted by atomic mass is 9.84. The summed E-state index contributed by atoms with van der Waals surface area (Å²) in [5.41, 5.74) is 1.18. The molecule has 3 aliphatic heterocycles. The van der Waals surface area contributed by atoms with E-state index >= 15 is 0 Å². The maximum absolute atomic E-state index is 13.4. The first-order valence-corrected chi connectivity index (χ1v) is 10.3. The fourth-order valence-corrected chi connectivity index (χ4v) is 4.87. The molecule has 3 aliphatic rings. The molecule has 2 N–H and O–H groups in total. The molecule has 0 saturated carbocycles. The normalized spacial score (nSPS) is 24.4. The molecule has 0 radical (unpaired) electrons. The monoisotopic (exact) mass is 409 g/mol. The molecule has 1 atom stereocenters. The molecule has 7 heteroatoms. The molecule has 3 heterocycles. The van der Waals surface area contributed by atoms with Crippen molar-refractivity contribution in [3.8, 4) is 0 Å². The van der Waals surface area contributed by atoms with Crippen molar-refractivity contribution >= 4 is 17.5 Å². The molecule has 0 bridgehead atoms. The summed E-state index contributed by atoms with van der Waals surface area (Å²) in [4.78, 5) is 27.0. The number of hydrogen-bond acceptors (Lipinski definition) is 4. The minimum atomic E-state index is -0.612. The summed E-state index contributed by atoms with van der Waals surface area (Å²) in [5.74, 6) is -0.417. The van der Waals surface area contributed by atoms with Gasteiger partial charge in [-0.1, -0.05) is 24.3 Å². The highest BCUT2D eigenvalue weighted by Crippen LogP contribution is 2.42. The molecule has 2 aromatic rings. The Balaban J connectivity index is 1.23. The van der Waals surface area contributed by atoms with Crippen molar-refractivity contribution in [1.82, 2.24) is 10.2 Å². The Morgan fingerprint density at radius 2 is 1.90 bits per heavy atom. The number of nitrogens with zero attached hydrogens (tertiary/aromatic N) is 1. The molecule has 0 unspecified atom stereocenters. The predicted molar refractivity (Wildman–Crippen MR) is 109 cm³/mol. The number of para-hydroxylation sites is 1. The van der Waals surface area contributed by atoms with Crippen LogP contribution in [0.3, 0.4) is 0 Å². The van der Waals surface area contributed by atoms with Crippen LogP contribution in [0.25, 0.3) is 0 Å². The van der Waals surface area contributed by atoms with Crippen molar-refractivity contribution in [3.05, 3.63) is 65.5 Å². The summed E-state index contributed by atoms with van der Waals surface area (Å²) in [6.45, 7) is 1.58. The lowest BCUT2D eigenvalue weighted by Gasteiger charge is -2.41. The molecule has 2 spiro atoms. The van der Waals surface area contributed by atoms with Crippen molar-refractivity contribution in [2.24, 2.45) is 0 Å². The second kappa shape index (κ2) is 7.09. The first-order chi connectivity index (χ1) is 14.5. The third kappa shape index (κ3) is 3.43. The third-order valence-electron chi connectivity index (χ3n) is 6.42. The Morgan fingerprint density at radius 3 is 2.70 bits per heavy atom. The highest BCUT2D eigenvalue weighted by Gasteiger charge is 2.53. The van der Waals surface area contributed by atoms with Gasteiger partial charge in [-0.05, 0) is 42.7 Å². The number of anilines is 1. The number of rotatable bonds is 2. The van der Waals surface area contributed by atoms with Gasteiger partial charge in [0.15, 0.2) is 0 Å². The van der Waals surface area contributed by atoms with Gasteiger partial charge in [0.05, 0.1) is 24.2 Å². The topological polar surface area (TPSA) is 70.7 Å². The van der Waals surface area contributed by atoms with E-state index in [0.717, 1.165) is 5.69 Å². The second-order valence-corrected chi connectivity index (χ2v) is 8.54. The molecule has 0 aromatic heterocycles. The highest BCUT2D eigenvalue weighted by molar-refractivity contribution is 6.02. The maximum Gasteiger partial charge on any atom is 0.255 e. The fraction of sp³-hybridized carbons (Fsp3) is 0.391. The maximum atomic E-state index is 13.4. The van der Waals surface area contributed by atoms with Crippen LogP contribution in [-0.4, -0.2) is 47.7 Å². The number of benzene rings is 2. The Morgan fingerprint density at radius 1 is 1.10 bits per heavy atom. The molecule has 2 aromatic carbocycles. The molecule has 6 nitrogen and oxygen atoms in total. The predicted octanol–water partition coefficient (Wildman–Crippen LogP) is 2.70. The molecule has 2 saturated heterocycles. The SMILES string of the molecule is O=C1N[C@]2(COC3(CCN(C(=O)Cc4cccc(F)c4)CC3)C2)Nc2ccccc21. The fourth-order valence-electron chi connectivity index (χ4n) is 4.87. The number of carbonyl (C=O) groups excluding carboxylic acids is 2. The molecule has 30 heavy (non-hydrogen) atoms. The van der Waals surface area contributed by atoms with Crippen LogP contribution in [0.1, 0.15) is 35.2 Å². The average Bonchev–Trinajstić information content (AvgIpc) is 3.05. The van der Waals surface area contributed by atoms with Crippen LogP contribution >= 0.6 is 0 Å². The first kappa shape index (κ1) is 19.1. The van der Waals surface area contributed by atoms with Gasteiger partial charge in [0.1, 0.15) is 11.5 Å². The Bertz CT molecular complexity index is 1000. The van der Waals surface area contributed by atoms with Crippen LogP contribution in [0.5, 0.6) is 0 Å². The van der Waals surface area contributed by atoms with Crippen molar-refractivity contribution in [1.29, 1.82) is 0 Å². The van der Waals surface area contributed by atoms with Gasteiger partial charge in [-0.25, -0.2) is 4.39 Å². The number of likely N-dealkylation sites (tertiary alicyclic amines) is 1. The summed E-state index contributed by atoms with van der Waals surface area (Å²) < 4.78 is 19.6. The van der Waals surface area contributed by atoms with E-state index in [1.165, 1.54) is 12.1 Å². The van der Waals surface area contributed by atoms with E-state index in [0.29, 0.717) is 50.1 Å². The van der Waals surface area contributed by atoms with Gasteiger partial charge in [-0.2, -0.15) is 0 Å². The van der Waals surface area contributed by atoms with Gasteiger partial charge < -0.3 is 20.3 Å². The van der Waals surface area contributed by atoms with Crippen molar-refractivity contribution < 1.29 is 18.7 Å². The van der Waals surface area contributed by atoms with Crippen LogP contribution in [0, 0.1) is 5.82 Å². The minimum Gasteiger partial charge on any atom is -0.370 e. The molecule has 0 aliphatic carbocycles. The van der Waals surface area contributed by atoms with E-state index in [4.69, 9.17) is 4.74 Å². The zero-order valence-electron chi connectivity index (χ0n) is 16.6. The van der Waals surface area contributed by atoms with Crippen LogP contribution in [0.15, 0.2) is 48.5 Å². The summed E-state index contributed by atoms with van der Waals surface area (Å²) in [6, 6.07) is 13.6. The van der Waals surface area contributed by atoms with E-state index in [1.54, 1.807) is 18.2 Å². The summed E-state index contributed by atoms with van der Waals surface area (Å²) in [5, 5.41) is 6.57. The molecular formula is C23H24FN3O3. The van der Waals surface area contributed by atoms with Crippen LogP contribution in [0.4, 0.5) is 10.1 Å². The standard InChI is InChI=1S/C23H24FN3O3/c24-17-5-3-4-16(12-17)13-20(28)27-10-8-22(9-11-27)14-23(15-30-22)25-19-7-2-1-6-18(19)21(29)26-23/h1-7,12,25H,8-11,13-15H2,(H,26,29)/t23-/m1/s1. The molecule has 156 valence electrons. The van der Waals surface area contributed by atoms with E-state index in [9.17, 15) is 14.0 Å². The van der Waals surface area contributed by atoms with E-state index < -0.39 is 5.66 Å². The number of piperidine rings is 1. The van der Waals surface area contributed by atoms with Crippen LogP contribution in [-0.2, 0) is 16.0 Å². The van der Waals surface area contributed by atoms with E-state index in [1.807, 2.05) is 23.1 Å². The molecule has 2 amide bonds. The number of nitrogens with one attached hydrogen (secondary N) is 2. The number of halogens is 1. The van der Waals surface area contributed by atoms with E-state index in [-0.39, 0.29) is 29.7 Å². The van der Waals surface area contributed by atoms with Crippen molar-refractivity contribution in [2.45, 2.75) is 36.9 Å². The van der Waals surface area contributed by atoms with Gasteiger partial charge in [0, 0.05) is 25.2 Å². The van der Waals surface area contributed by atoms with Crippen molar-refractivity contribution in [3.63, 3.8) is 0 Å². The zero-order valence-corrected chi connectivity index (χ0v) is 16.6. The largest absolute Gasteiger partial charge is 0.370 e. The second-order valence-electron chi connectivity index (χ2n) is 8.54. The highest BCUT2D eigenvalue weighted by atomic mass is 19.1. The number of hydrogen-bond donors (Lipinski definition) is 2. The quantitative estimate of drug-likeness (QED) is 0.800. The Kier molecular flexibility index (Phi) is 4.50. The zero-order chi connectivity index (χ0) is 20.8. The first-order valence-electron chi connectivity index (χ1n) is 10.3. The van der Waals surface area contributed by atoms with Gasteiger partial charge in [-0.15, -0.1) is 0 Å². The van der Waals surface area contributed by atoms with E-state index in [2.05, 4.69) is 10.6 Å². The molecule has 5 rings (SSSR count). The van der Waals surface area contributed by atoms with Crippen molar-refractivity contribution in [2.75, 3.05) is 25.0 Å². The number of fused-ring (bicyclic) bond motifs is 1. The van der Waals surface area contributed by atoms with Gasteiger partial charge in [-0.3, -0.25) is 9.59 Å². The summed E-state index contributed by atoms with van der Waals surface area (Å²) >= 11 is 0. The average molecular weight is 409 g/mol. The Labute approximate surface area is 174 Å². The van der Waals surface area contributed by atoms with Crippen LogP contribution < -0.4 is 10.6 Å². The van der Waals surface area contributed by atoms with Gasteiger partial charge in [0.2, 0.25) is 5.91 Å². The Hall–Kier alpha value is -2.93. The number of carbonyl (C=O) groups is 2. The van der Waals surface area contributed by atoms with Gasteiger partial charge in [0.25, 0.3) is 5.91 Å². The molecular weight excluding hydrogens is 385 g/mol. The molecule has 2 fully saturated rings. The third-order valence-corrected chi connectivity index (χ3v) is 6.42. The minimum absolute atomic E-state index is 0.00109. The van der Waals surface area contributed by atoms with Gasteiger partial charge >= 0.3 is 0 Å². The smallest absolute Gasteiger partial charge is 0.255 e. The summed E-state index contributed by atoms with van der Waals surface area (Å²) in [7, 11) is 0. The van der Waals surface area contributed by atoms with Crippen LogP contribution in [0.2, 0.25) is 0 Å². The number of ether oxygens (including phenoxy) is 1. The number of amides is 2. The lowest BCUT2D eigenvalue weighted by Crippen LogP contribution is -2.59. The lowest BCUT2D eigenvalue weighted by molar-refractivity contribution is -0.135.